The van der Waals surface area contributed by atoms with Gasteiger partial charge in [0.2, 0.25) is 0 Å². The highest BCUT2D eigenvalue weighted by Crippen LogP contribution is 2.23. The van der Waals surface area contributed by atoms with Gasteiger partial charge >= 0.3 is 5.97 Å². The van der Waals surface area contributed by atoms with Crippen molar-refractivity contribution in [3.05, 3.63) is 47.1 Å². The summed E-state index contributed by atoms with van der Waals surface area (Å²) in [6.45, 7) is 0. The molecular formula is C13H10ClNO3. The van der Waals surface area contributed by atoms with Gasteiger partial charge in [-0.05, 0) is 36.4 Å². The van der Waals surface area contributed by atoms with Gasteiger partial charge in [-0.25, -0.2) is 9.78 Å². The maximum atomic E-state index is 10.9. The highest BCUT2D eigenvalue weighted by molar-refractivity contribution is 6.29. The summed E-state index contributed by atoms with van der Waals surface area (Å²) in [5.41, 5.74) is 1.41. The minimum atomic E-state index is -1.03. The van der Waals surface area contributed by atoms with E-state index in [0.29, 0.717) is 5.69 Å². The highest BCUT2D eigenvalue weighted by Gasteiger charge is 2.09. The van der Waals surface area contributed by atoms with Crippen LogP contribution in [0.4, 0.5) is 0 Å². The molecule has 0 aliphatic heterocycles. The molecule has 2 aromatic rings. The van der Waals surface area contributed by atoms with Crippen molar-refractivity contribution in [1.29, 1.82) is 0 Å². The number of hydrogen-bond donors (Lipinski definition) is 1. The predicted octanol–water partition coefficient (Wildman–Crippen LogP) is 3.11. The van der Waals surface area contributed by atoms with E-state index in [1.54, 1.807) is 31.4 Å². The van der Waals surface area contributed by atoms with Gasteiger partial charge in [0.25, 0.3) is 0 Å². The Morgan fingerprint density at radius 3 is 2.50 bits per heavy atom. The smallest absolute Gasteiger partial charge is 0.335 e. The molecule has 1 aromatic heterocycles. The molecule has 0 saturated carbocycles. The molecule has 0 radical (unpaired) electrons. The molecule has 0 saturated heterocycles. The number of nitrogens with zero attached hydrogens (tertiary/aromatic N) is 1. The van der Waals surface area contributed by atoms with Crippen LogP contribution in [0.25, 0.3) is 11.3 Å². The van der Waals surface area contributed by atoms with Crippen LogP contribution in [-0.2, 0) is 0 Å². The predicted molar refractivity (Wildman–Crippen MR) is 68.2 cm³/mol. The first kappa shape index (κ1) is 12.4. The number of carbonyl (C=O) groups is 1. The first-order valence-electron chi connectivity index (χ1n) is 5.15. The molecule has 0 amide bonds. The molecule has 92 valence electrons. The van der Waals surface area contributed by atoms with Crippen LogP contribution in [0.3, 0.4) is 0 Å². The minimum absolute atomic E-state index is 0.112. The van der Waals surface area contributed by atoms with Crippen molar-refractivity contribution in [3.63, 3.8) is 0 Å². The van der Waals surface area contributed by atoms with Gasteiger partial charge in [-0.1, -0.05) is 11.6 Å². The third kappa shape index (κ3) is 2.60. The molecule has 0 aliphatic carbocycles. The van der Waals surface area contributed by atoms with Gasteiger partial charge in [-0.3, -0.25) is 0 Å². The Morgan fingerprint density at radius 2 is 1.94 bits per heavy atom. The summed E-state index contributed by atoms with van der Waals surface area (Å²) in [5, 5.41) is 9.11. The molecule has 0 unspecified atom stereocenters. The van der Waals surface area contributed by atoms with Crippen LogP contribution in [0, 0.1) is 0 Å². The first-order chi connectivity index (χ1) is 8.60. The standard InChI is InChI=1S/C13H10ClNO3/c1-18-10-4-2-8(3-5-10)11-6-9(13(16)17)7-12(14)15-11/h2-7H,1H3,(H,16,17). The van der Waals surface area contributed by atoms with E-state index >= 15 is 0 Å². The average Bonchev–Trinajstić information content (AvgIpc) is 2.38. The zero-order valence-electron chi connectivity index (χ0n) is 9.55. The maximum absolute atomic E-state index is 10.9. The Kier molecular flexibility index (Phi) is 3.48. The Bertz CT molecular complexity index is 581. The topological polar surface area (TPSA) is 59.4 Å². The largest absolute Gasteiger partial charge is 0.497 e. The van der Waals surface area contributed by atoms with E-state index in [2.05, 4.69) is 4.98 Å². The number of aromatic carboxylic acids is 1. The Hall–Kier alpha value is -2.07. The van der Waals surface area contributed by atoms with Gasteiger partial charge < -0.3 is 9.84 Å². The van der Waals surface area contributed by atoms with E-state index in [0.717, 1.165) is 11.3 Å². The van der Waals surface area contributed by atoms with Crippen LogP contribution in [0.15, 0.2) is 36.4 Å². The fourth-order valence-electron chi connectivity index (χ4n) is 1.53. The van der Waals surface area contributed by atoms with Crippen molar-refractivity contribution in [1.82, 2.24) is 4.98 Å². The molecule has 0 atom stereocenters. The molecule has 0 bridgehead atoms. The molecule has 2 rings (SSSR count). The number of hydrogen-bond acceptors (Lipinski definition) is 3. The molecule has 5 heteroatoms. The van der Waals surface area contributed by atoms with Crippen molar-refractivity contribution in [3.8, 4) is 17.0 Å². The fraction of sp³-hybridized carbons (Fsp3) is 0.0769. The van der Waals surface area contributed by atoms with Gasteiger partial charge in [0.15, 0.2) is 0 Å². The number of carboxylic acid groups (broad SMARTS) is 1. The zero-order chi connectivity index (χ0) is 13.1. The normalized spacial score (nSPS) is 10.1. The van der Waals surface area contributed by atoms with Gasteiger partial charge in [0.05, 0.1) is 18.4 Å². The zero-order valence-corrected chi connectivity index (χ0v) is 10.3. The van der Waals surface area contributed by atoms with E-state index in [1.165, 1.54) is 12.1 Å². The monoisotopic (exact) mass is 263 g/mol. The summed E-state index contributed by atoms with van der Waals surface area (Å²) in [7, 11) is 1.58. The third-order valence-corrected chi connectivity index (χ3v) is 2.62. The van der Waals surface area contributed by atoms with Gasteiger partial charge in [0.1, 0.15) is 10.9 Å². The van der Waals surface area contributed by atoms with Crippen LogP contribution in [0.2, 0.25) is 5.15 Å². The van der Waals surface area contributed by atoms with E-state index in [-0.39, 0.29) is 10.7 Å². The average molecular weight is 264 g/mol. The second-order valence-electron chi connectivity index (χ2n) is 3.60. The van der Waals surface area contributed by atoms with E-state index in [4.69, 9.17) is 21.4 Å². The summed E-state index contributed by atoms with van der Waals surface area (Å²) in [4.78, 5) is 15.0. The van der Waals surface area contributed by atoms with E-state index < -0.39 is 5.97 Å². The Balaban J connectivity index is 2.46. The van der Waals surface area contributed by atoms with E-state index in [9.17, 15) is 4.79 Å². The van der Waals surface area contributed by atoms with E-state index in [1.807, 2.05) is 0 Å². The number of carboxylic acids is 1. The highest BCUT2D eigenvalue weighted by atomic mass is 35.5. The Labute approximate surface area is 109 Å². The summed E-state index contributed by atoms with van der Waals surface area (Å²) in [5.74, 6) is -0.312. The third-order valence-electron chi connectivity index (χ3n) is 2.43. The summed E-state index contributed by atoms with van der Waals surface area (Å²) < 4.78 is 5.05. The summed E-state index contributed by atoms with van der Waals surface area (Å²) in [6, 6.07) is 9.94. The number of methoxy groups -OCH3 is 1. The van der Waals surface area contributed by atoms with Crippen molar-refractivity contribution in [2.75, 3.05) is 7.11 Å². The number of ether oxygens (including phenoxy) is 1. The second kappa shape index (κ2) is 5.06. The number of aromatic nitrogens is 1. The molecule has 4 nitrogen and oxygen atoms in total. The van der Waals surface area contributed by atoms with Crippen LogP contribution in [0.5, 0.6) is 5.75 Å². The van der Waals surface area contributed by atoms with Gasteiger partial charge in [0, 0.05) is 5.56 Å². The van der Waals surface area contributed by atoms with Crippen molar-refractivity contribution in [2.45, 2.75) is 0 Å². The number of benzene rings is 1. The molecule has 1 aromatic carbocycles. The maximum Gasteiger partial charge on any atom is 0.335 e. The fourth-order valence-corrected chi connectivity index (χ4v) is 1.74. The molecule has 0 aliphatic rings. The molecule has 18 heavy (non-hydrogen) atoms. The minimum Gasteiger partial charge on any atom is -0.497 e. The van der Waals surface area contributed by atoms with Crippen molar-refractivity contribution < 1.29 is 14.6 Å². The molecular weight excluding hydrogens is 254 g/mol. The lowest BCUT2D eigenvalue weighted by Crippen LogP contribution is -1.98. The lowest BCUT2D eigenvalue weighted by molar-refractivity contribution is 0.0697. The SMILES string of the molecule is COc1ccc(-c2cc(C(=O)O)cc(Cl)n2)cc1. The van der Waals surface area contributed by atoms with Gasteiger partial charge in [-0.2, -0.15) is 0 Å². The number of pyridine rings is 1. The van der Waals surface area contributed by atoms with Gasteiger partial charge in [-0.15, -0.1) is 0 Å². The lowest BCUT2D eigenvalue weighted by Gasteiger charge is -2.05. The van der Waals surface area contributed by atoms with Crippen LogP contribution in [-0.4, -0.2) is 23.2 Å². The Morgan fingerprint density at radius 1 is 1.28 bits per heavy atom. The van der Waals surface area contributed by atoms with Crippen molar-refractivity contribution in [2.24, 2.45) is 0 Å². The number of rotatable bonds is 3. The van der Waals surface area contributed by atoms with Crippen molar-refractivity contribution >= 4 is 17.6 Å². The number of halogens is 1. The quantitative estimate of drug-likeness (QED) is 0.865. The van der Waals surface area contributed by atoms with Crippen LogP contribution >= 0.6 is 11.6 Å². The first-order valence-corrected chi connectivity index (χ1v) is 5.53. The molecule has 0 spiro atoms. The lowest BCUT2D eigenvalue weighted by atomic mass is 10.1. The molecule has 1 heterocycles. The van der Waals surface area contributed by atoms with Crippen LogP contribution in [0.1, 0.15) is 10.4 Å². The van der Waals surface area contributed by atoms with Crippen LogP contribution < -0.4 is 4.74 Å². The second-order valence-corrected chi connectivity index (χ2v) is 3.98. The summed E-state index contributed by atoms with van der Waals surface area (Å²) in [6.07, 6.45) is 0. The molecule has 1 N–H and O–H groups in total. The molecule has 0 fully saturated rings. The summed E-state index contributed by atoms with van der Waals surface area (Å²) >= 11 is 5.80.